The highest BCUT2D eigenvalue weighted by molar-refractivity contribution is 5.79. The van der Waals surface area contributed by atoms with Gasteiger partial charge in [0.05, 0.1) is 0 Å². The van der Waals surface area contributed by atoms with E-state index in [1.165, 1.54) is 12.8 Å². The molecule has 0 spiro atoms. The Hall–Kier alpha value is -0.610. The van der Waals surface area contributed by atoms with E-state index < -0.39 is 11.5 Å². The molecular weight excluding hydrogens is 216 g/mol. The van der Waals surface area contributed by atoms with Gasteiger partial charge >= 0.3 is 5.97 Å². The number of rotatable bonds is 3. The van der Waals surface area contributed by atoms with Gasteiger partial charge in [-0.25, -0.2) is 0 Å². The Morgan fingerprint density at radius 3 is 2.71 bits per heavy atom. The summed E-state index contributed by atoms with van der Waals surface area (Å²) >= 11 is 0. The molecule has 0 aromatic rings. The highest BCUT2D eigenvalue weighted by Gasteiger charge is 2.47. The minimum absolute atomic E-state index is 0.374. The SMILES string of the molecule is CCC1CCC(C)N1C1CCC(N)(C(=O)O)C1. The Morgan fingerprint density at radius 1 is 1.47 bits per heavy atom. The summed E-state index contributed by atoms with van der Waals surface area (Å²) in [5.41, 5.74) is 4.99. The predicted octanol–water partition coefficient (Wildman–Crippen LogP) is 1.58. The first kappa shape index (κ1) is 12.8. The maximum Gasteiger partial charge on any atom is 0.323 e. The van der Waals surface area contributed by atoms with Crippen LogP contribution < -0.4 is 5.73 Å². The third-order valence-corrected chi connectivity index (χ3v) is 4.69. The number of nitrogens with zero attached hydrogens (tertiary/aromatic N) is 1. The molecule has 4 heteroatoms. The molecule has 4 nitrogen and oxygen atoms in total. The van der Waals surface area contributed by atoms with Gasteiger partial charge in [-0.1, -0.05) is 6.92 Å². The van der Waals surface area contributed by atoms with E-state index in [4.69, 9.17) is 5.73 Å². The number of likely N-dealkylation sites (tertiary alicyclic amines) is 1. The first-order valence-corrected chi connectivity index (χ1v) is 6.77. The zero-order valence-corrected chi connectivity index (χ0v) is 10.9. The second kappa shape index (κ2) is 4.58. The molecule has 17 heavy (non-hydrogen) atoms. The lowest BCUT2D eigenvalue weighted by Gasteiger charge is -2.34. The number of carboxylic acids is 1. The number of hydrogen-bond donors (Lipinski definition) is 2. The van der Waals surface area contributed by atoms with Crippen LogP contribution in [-0.2, 0) is 4.79 Å². The highest BCUT2D eigenvalue weighted by Crippen LogP contribution is 2.38. The van der Waals surface area contributed by atoms with Crippen LogP contribution in [0.1, 0.15) is 52.4 Å². The summed E-state index contributed by atoms with van der Waals surface area (Å²) < 4.78 is 0. The van der Waals surface area contributed by atoms with E-state index in [-0.39, 0.29) is 0 Å². The second-order valence-corrected chi connectivity index (χ2v) is 5.79. The molecule has 1 aliphatic carbocycles. The molecular formula is C13H24N2O2. The van der Waals surface area contributed by atoms with Crippen LogP contribution in [0.4, 0.5) is 0 Å². The van der Waals surface area contributed by atoms with Gasteiger partial charge in [-0.3, -0.25) is 9.69 Å². The molecule has 0 aromatic carbocycles. The van der Waals surface area contributed by atoms with Gasteiger partial charge in [0.2, 0.25) is 0 Å². The molecule has 4 unspecified atom stereocenters. The van der Waals surface area contributed by atoms with Crippen molar-refractivity contribution in [3.05, 3.63) is 0 Å². The summed E-state index contributed by atoms with van der Waals surface area (Å²) in [7, 11) is 0. The third-order valence-electron chi connectivity index (χ3n) is 4.69. The van der Waals surface area contributed by atoms with Crippen molar-refractivity contribution in [3.8, 4) is 0 Å². The Bertz CT molecular complexity index is 308. The van der Waals surface area contributed by atoms with E-state index in [9.17, 15) is 9.90 Å². The maximum atomic E-state index is 11.2. The molecule has 0 bridgehead atoms. The lowest BCUT2D eigenvalue weighted by Crippen LogP contribution is -2.48. The van der Waals surface area contributed by atoms with Gasteiger partial charge in [-0.05, 0) is 45.4 Å². The minimum Gasteiger partial charge on any atom is -0.480 e. The largest absolute Gasteiger partial charge is 0.480 e. The molecule has 0 aromatic heterocycles. The van der Waals surface area contributed by atoms with Crippen LogP contribution in [0, 0.1) is 0 Å². The van der Waals surface area contributed by atoms with Crippen molar-refractivity contribution in [2.75, 3.05) is 0 Å². The predicted molar refractivity (Wildman–Crippen MR) is 66.8 cm³/mol. The van der Waals surface area contributed by atoms with E-state index in [1.54, 1.807) is 0 Å². The average Bonchev–Trinajstić information content (AvgIpc) is 2.83. The number of hydrogen-bond acceptors (Lipinski definition) is 3. The molecule has 98 valence electrons. The average molecular weight is 240 g/mol. The summed E-state index contributed by atoms with van der Waals surface area (Å²) in [6.07, 6.45) is 5.81. The van der Waals surface area contributed by atoms with Crippen LogP contribution in [0.2, 0.25) is 0 Å². The lowest BCUT2D eigenvalue weighted by atomic mass is 9.99. The van der Waals surface area contributed by atoms with Crippen molar-refractivity contribution >= 4 is 5.97 Å². The van der Waals surface area contributed by atoms with Crippen LogP contribution in [0.15, 0.2) is 0 Å². The van der Waals surface area contributed by atoms with Crippen LogP contribution in [-0.4, -0.2) is 39.6 Å². The molecule has 2 aliphatic rings. The van der Waals surface area contributed by atoms with Gasteiger partial charge in [0.15, 0.2) is 0 Å². The van der Waals surface area contributed by atoms with E-state index >= 15 is 0 Å². The Morgan fingerprint density at radius 2 is 2.18 bits per heavy atom. The molecule has 2 fully saturated rings. The van der Waals surface area contributed by atoms with Gasteiger partial charge in [-0.15, -0.1) is 0 Å². The molecule has 2 rings (SSSR count). The van der Waals surface area contributed by atoms with Crippen molar-refractivity contribution in [3.63, 3.8) is 0 Å². The molecule has 0 radical (unpaired) electrons. The van der Waals surface area contributed by atoms with Crippen LogP contribution in [0.25, 0.3) is 0 Å². The number of aliphatic carboxylic acids is 1. The van der Waals surface area contributed by atoms with Crippen LogP contribution in [0.3, 0.4) is 0 Å². The van der Waals surface area contributed by atoms with Gasteiger partial charge in [-0.2, -0.15) is 0 Å². The molecule has 3 N–H and O–H groups in total. The summed E-state index contributed by atoms with van der Waals surface area (Å²) in [6, 6.07) is 1.59. The number of carboxylic acid groups (broad SMARTS) is 1. The number of nitrogens with two attached hydrogens (primary N) is 1. The van der Waals surface area contributed by atoms with Crippen molar-refractivity contribution in [2.24, 2.45) is 5.73 Å². The standard InChI is InChI=1S/C13H24N2O2/c1-3-10-5-4-9(2)15(10)11-6-7-13(14,8-11)12(16)17/h9-11H,3-8,14H2,1-2H3,(H,16,17). The summed E-state index contributed by atoms with van der Waals surface area (Å²) in [5.74, 6) is -0.833. The van der Waals surface area contributed by atoms with E-state index in [2.05, 4.69) is 18.7 Å². The maximum absolute atomic E-state index is 11.2. The van der Waals surface area contributed by atoms with Crippen molar-refractivity contribution in [1.82, 2.24) is 4.90 Å². The Kier molecular flexibility index (Phi) is 3.46. The Balaban J connectivity index is 2.07. The highest BCUT2D eigenvalue weighted by atomic mass is 16.4. The third kappa shape index (κ3) is 2.20. The van der Waals surface area contributed by atoms with Crippen molar-refractivity contribution in [1.29, 1.82) is 0 Å². The fraction of sp³-hybridized carbons (Fsp3) is 0.923. The quantitative estimate of drug-likeness (QED) is 0.786. The normalized spacial score (nSPS) is 43.1. The molecule has 4 atom stereocenters. The van der Waals surface area contributed by atoms with Gasteiger partial charge in [0.25, 0.3) is 0 Å². The van der Waals surface area contributed by atoms with Gasteiger partial charge in [0, 0.05) is 18.1 Å². The fourth-order valence-corrected chi connectivity index (χ4v) is 3.66. The molecule has 1 aliphatic heterocycles. The van der Waals surface area contributed by atoms with E-state index in [0.717, 1.165) is 12.8 Å². The zero-order valence-electron chi connectivity index (χ0n) is 10.9. The van der Waals surface area contributed by atoms with Gasteiger partial charge in [0.1, 0.15) is 5.54 Å². The molecule has 0 amide bonds. The zero-order chi connectivity index (χ0) is 12.6. The number of carbonyl (C=O) groups is 1. The first-order valence-electron chi connectivity index (χ1n) is 6.77. The first-order chi connectivity index (χ1) is 7.98. The van der Waals surface area contributed by atoms with Crippen LogP contribution in [0.5, 0.6) is 0 Å². The molecule has 1 saturated heterocycles. The molecule has 1 saturated carbocycles. The van der Waals surface area contributed by atoms with E-state index in [1.807, 2.05) is 0 Å². The topological polar surface area (TPSA) is 66.6 Å². The smallest absolute Gasteiger partial charge is 0.323 e. The van der Waals surface area contributed by atoms with Crippen LogP contribution >= 0.6 is 0 Å². The van der Waals surface area contributed by atoms with Gasteiger partial charge < -0.3 is 10.8 Å². The van der Waals surface area contributed by atoms with Crippen molar-refractivity contribution in [2.45, 2.75) is 76.0 Å². The fourth-order valence-electron chi connectivity index (χ4n) is 3.66. The molecule has 1 heterocycles. The second-order valence-electron chi connectivity index (χ2n) is 5.79. The Labute approximate surface area is 103 Å². The summed E-state index contributed by atoms with van der Waals surface area (Å²) in [5, 5.41) is 9.18. The lowest BCUT2D eigenvalue weighted by molar-refractivity contribution is -0.143. The monoisotopic (exact) mass is 240 g/mol. The van der Waals surface area contributed by atoms with Crippen molar-refractivity contribution < 1.29 is 9.90 Å². The van der Waals surface area contributed by atoms with E-state index in [0.29, 0.717) is 31.0 Å². The summed E-state index contributed by atoms with van der Waals surface area (Å²) in [4.78, 5) is 13.7. The summed E-state index contributed by atoms with van der Waals surface area (Å²) in [6.45, 7) is 4.48. The minimum atomic E-state index is -0.981.